The quantitative estimate of drug-likeness (QED) is 0.0415. The zero-order valence-electron chi connectivity index (χ0n) is 76.5. The van der Waals surface area contributed by atoms with Crippen LogP contribution in [0.25, 0.3) is 19.9 Å². The molecule has 0 aliphatic heterocycles. The van der Waals surface area contributed by atoms with Gasteiger partial charge in [0.15, 0.2) is 19.9 Å². The van der Waals surface area contributed by atoms with E-state index in [9.17, 15) is 0 Å². The molecule has 0 heterocycles. The summed E-state index contributed by atoms with van der Waals surface area (Å²) in [6.45, 7) is 0. The number of rotatable bonds is 16. The third-order valence-electron chi connectivity index (χ3n) is 24.3. The van der Waals surface area contributed by atoms with Gasteiger partial charge in [-0.2, -0.15) is 87.4 Å². The van der Waals surface area contributed by atoms with E-state index in [1.165, 1.54) is 92.3 Å². The van der Waals surface area contributed by atoms with Crippen LogP contribution in [-0.2, 0) is 0 Å². The van der Waals surface area contributed by atoms with Gasteiger partial charge in [0, 0.05) is 48.5 Å². The van der Waals surface area contributed by atoms with Gasteiger partial charge in [-0.15, -0.1) is 0 Å². The van der Waals surface area contributed by atoms with Crippen LogP contribution >= 0.6 is 90.4 Å². The molecule has 0 fully saturated rings. The highest BCUT2D eigenvalue weighted by Crippen LogP contribution is 2.18. The molecular formula is C122H104B4I4N8. The number of diazo groups is 4. The van der Waals surface area contributed by atoms with Crippen LogP contribution in [0.1, 0.15) is 0 Å². The summed E-state index contributed by atoms with van der Waals surface area (Å²) in [5, 5.41) is 32.7. The van der Waals surface area contributed by atoms with Crippen molar-refractivity contribution >= 4 is 225 Å². The van der Waals surface area contributed by atoms with Crippen LogP contribution < -0.4 is 87.4 Å². The van der Waals surface area contributed by atoms with Gasteiger partial charge in [-0.25, -0.2) is 0 Å². The molecule has 0 aliphatic rings. The SMILES string of the molecule is ICI.ICI.N#[N+]c1ccccc1.N#[N+]c1ccccc1.N#[N+]c1ccccc1.N#[N+]c1ccccc1.c1ccc([B-](c2ccccc2)(c2ccccc2)c2ccccc2)cc1.c1ccc([B-](c2ccccc2)(c2ccccc2)c2ccccc2)cc1.c1ccc([B-](c2ccccc2)(c2ccccc2)c2ccccc2)cc1.c1ccc([B-](c2ccccc2)(c2ccccc2)c2ccccc2)cc1. The van der Waals surface area contributed by atoms with Gasteiger partial charge in [-0.3, -0.25) is 0 Å². The molecule has 138 heavy (non-hydrogen) atoms. The summed E-state index contributed by atoms with van der Waals surface area (Å²) in [5.41, 5.74) is 23.8. The monoisotopic (exact) mass is 2230 g/mol. The van der Waals surface area contributed by atoms with Crippen molar-refractivity contribution < 1.29 is 0 Å². The highest BCUT2D eigenvalue weighted by molar-refractivity contribution is 14.2. The first-order chi connectivity index (χ1) is 68.2. The fourth-order valence-corrected chi connectivity index (χ4v) is 18.5. The van der Waals surface area contributed by atoms with Crippen molar-refractivity contribution in [3.63, 3.8) is 0 Å². The largest absolute Gasteiger partial charge is 0.385 e. The van der Waals surface area contributed by atoms with Gasteiger partial charge in [-0.1, -0.05) is 648 Å². The Hall–Kier alpha value is -14.7. The minimum absolute atomic E-state index is 0.590. The Morgan fingerprint density at radius 1 is 0.116 bits per heavy atom. The van der Waals surface area contributed by atoms with Crippen LogP contribution in [0.3, 0.4) is 0 Å². The summed E-state index contributed by atoms with van der Waals surface area (Å²) in [5.74, 6) is 0. The van der Waals surface area contributed by atoms with Gasteiger partial charge < -0.3 is 0 Å². The lowest BCUT2D eigenvalue weighted by Crippen LogP contribution is -2.74. The molecule has 0 aromatic heterocycles. The summed E-state index contributed by atoms with van der Waals surface area (Å²) in [6, 6.07) is 210. The number of halogens is 4. The molecule has 0 saturated heterocycles. The Bertz CT molecular complexity index is 5400. The van der Waals surface area contributed by atoms with Crippen molar-refractivity contribution in [3.8, 4) is 0 Å². The first-order valence-electron chi connectivity index (χ1n) is 45.6. The Morgan fingerprint density at radius 2 is 0.174 bits per heavy atom. The topological polar surface area (TPSA) is 113 Å². The zero-order chi connectivity index (χ0) is 96.5. The summed E-state index contributed by atoms with van der Waals surface area (Å²) >= 11 is 9.10. The normalized spacial score (nSPS) is 10.2. The molecule has 20 aromatic rings. The number of nitrogens with zero attached hydrogens (tertiary/aromatic N) is 8. The summed E-state index contributed by atoms with van der Waals surface area (Å²) in [4.78, 5) is 11.9. The highest BCUT2D eigenvalue weighted by Gasteiger charge is 2.35. The zero-order valence-corrected chi connectivity index (χ0v) is 85.2. The predicted molar refractivity (Wildman–Crippen MR) is 631 cm³/mol. The molecule has 0 spiro atoms. The standard InChI is InChI=1S/4C24H20B.4C6H5N2.2CH2I2/c4*1-5-13-21(14-6-1)25(22-15-7-2-8-16-22,23-17-9-3-10-18-23)24-19-11-4-12-20-24;4*7-8-6-4-2-1-3-5-6;2*2-1-3/h4*1-20H;4*1-5H;2*1H2/q4*-1;4*+1;;. The molecule has 20 aromatic carbocycles. The Balaban J connectivity index is 0.000000156. The number of hydrogen-bond acceptors (Lipinski definition) is 4. The van der Waals surface area contributed by atoms with Crippen LogP contribution in [0, 0.1) is 21.6 Å². The summed E-state index contributed by atoms with van der Waals surface area (Å²) in [7, 11) is 0. The molecule has 0 unspecified atom stereocenters. The molecule has 8 nitrogen and oxygen atoms in total. The van der Waals surface area contributed by atoms with Crippen LogP contribution in [-0.4, -0.2) is 29.5 Å². The Labute approximate surface area is 869 Å². The molecular weight excluding hydrogens is 2130 g/mol. The van der Waals surface area contributed by atoms with E-state index in [1.54, 1.807) is 48.5 Å². The average Bonchev–Trinajstić information content (AvgIpc) is 0.753. The van der Waals surface area contributed by atoms with E-state index in [4.69, 9.17) is 21.6 Å². The first-order valence-corrected chi connectivity index (χ1v) is 51.7. The highest BCUT2D eigenvalue weighted by atomic mass is 127. The molecule has 0 saturated carbocycles. The molecule has 0 bridgehead atoms. The second-order valence-corrected chi connectivity index (χ2v) is 40.9. The third-order valence-corrected chi connectivity index (χ3v) is 24.3. The van der Waals surface area contributed by atoms with Crippen LogP contribution in [0.2, 0.25) is 0 Å². The van der Waals surface area contributed by atoms with Crippen LogP contribution in [0.15, 0.2) is 607 Å². The van der Waals surface area contributed by atoms with E-state index in [0.717, 1.165) is 0 Å². The van der Waals surface area contributed by atoms with Crippen molar-refractivity contribution in [2.24, 2.45) is 0 Å². The molecule has 0 amide bonds. The fraction of sp³-hybridized carbons (Fsp3) is 0.0164. The van der Waals surface area contributed by atoms with E-state index in [2.05, 4.69) is 596 Å². The van der Waals surface area contributed by atoms with Crippen LogP contribution in [0.5, 0.6) is 0 Å². The predicted octanol–water partition coefficient (Wildman–Crippen LogP) is 24.6. The maximum Gasteiger partial charge on any atom is 0.385 e. The van der Waals surface area contributed by atoms with Crippen LogP contribution in [0.4, 0.5) is 22.7 Å². The maximum absolute atomic E-state index is 8.16. The lowest BCUT2D eigenvalue weighted by atomic mass is 9.13. The molecule has 16 heteroatoms. The number of alkyl halides is 4. The van der Waals surface area contributed by atoms with Crippen molar-refractivity contribution in [3.05, 3.63) is 627 Å². The first kappa shape index (κ1) is 104. The lowest BCUT2D eigenvalue weighted by molar-refractivity contribution is 1.46. The van der Waals surface area contributed by atoms with Crippen molar-refractivity contribution in [2.45, 2.75) is 0 Å². The smallest absolute Gasteiger partial charge is 0.195 e. The van der Waals surface area contributed by atoms with Gasteiger partial charge in [0.1, 0.15) is 24.6 Å². The second kappa shape index (κ2) is 58.5. The minimum Gasteiger partial charge on any atom is -0.195 e. The van der Waals surface area contributed by atoms with Gasteiger partial charge >= 0.3 is 22.7 Å². The van der Waals surface area contributed by atoms with Crippen molar-refractivity contribution in [1.82, 2.24) is 0 Å². The Morgan fingerprint density at radius 3 is 0.225 bits per heavy atom. The lowest BCUT2D eigenvalue weighted by Gasteiger charge is -2.44. The summed E-state index contributed by atoms with van der Waals surface area (Å²) in [6.07, 6.45) is -4.86. The van der Waals surface area contributed by atoms with Gasteiger partial charge in [0.2, 0.25) is 21.6 Å². The molecule has 672 valence electrons. The molecule has 20 rings (SSSR count). The maximum atomic E-state index is 8.16. The summed E-state index contributed by atoms with van der Waals surface area (Å²) < 4.78 is 2.38. The molecule has 0 N–H and O–H groups in total. The van der Waals surface area contributed by atoms with Crippen molar-refractivity contribution in [2.75, 3.05) is 4.87 Å². The molecule has 0 radical (unpaired) electrons. The van der Waals surface area contributed by atoms with E-state index in [0.29, 0.717) is 22.7 Å². The van der Waals surface area contributed by atoms with E-state index in [-0.39, 0.29) is 0 Å². The Kier molecular flexibility index (Phi) is 44.0. The average molecular weight is 2230 g/mol. The van der Waals surface area contributed by atoms with Gasteiger partial charge in [0.25, 0.3) is 0 Å². The van der Waals surface area contributed by atoms with E-state index < -0.39 is 24.6 Å². The molecule has 0 atom stereocenters. The third kappa shape index (κ3) is 28.2. The van der Waals surface area contributed by atoms with Gasteiger partial charge in [0.05, 0.1) is 4.87 Å². The van der Waals surface area contributed by atoms with E-state index >= 15 is 0 Å². The minimum atomic E-state index is -1.22. The number of benzene rings is 20. The molecule has 0 aliphatic carbocycles. The van der Waals surface area contributed by atoms with Crippen molar-refractivity contribution in [1.29, 1.82) is 21.6 Å². The van der Waals surface area contributed by atoms with E-state index in [1.807, 2.05) is 72.8 Å². The van der Waals surface area contributed by atoms with Gasteiger partial charge in [-0.05, 0) is 0 Å². The second-order valence-electron chi connectivity index (χ2n) is 32.0. The number of hydrogen-bond donors (Lipinski definition) is 0. The fourth-order valence-electron chi connectivity index (χ4n) is 18.5.